The predicted molar refractivity (Wildman–Crippen MR) is 74.1 cm³/mol. The van der Waals surface area contributed by atoms with E-state index in [9.17, 15) is 4.79 Å². The Hall–Kier alpha value is -0.660. The second-order valence-electron chi connectivity index (χ2n) is 4.31. The minimum absolute atomic E-state index is 0.244. The van der Waals surface area contributed by atoms with Crippen LogP contribution in [0.1, 0.15) is 26.1 Å². The van der Waals surface area contributed by atoms with Gasteiger partial charge in [-0.2, -0.15) is 4.37 Å². The normalized spacial score (nSPS) is 16.1. The molecule has 0 aliphatic rings. The first-order chi connectivity index (χ1) is 8.41. The summed E-state index contributed by atoms with van der Waals surface area (Å²) in [6.07, 6.45) is 0.666. The Bertz CT molecular complexity index is 411. The number of esters is 1. The number of nitrogens with one attached hydrogen (secondary N) is 1. The number of likely N-dealkylation sites (N-methyl/N-ethyl adjacent to an activating group) is 1. The maximum atomic E-state index is 11.7. The molecule has 0 saturated heterocycles. The van der Waals surface area contributed by atoms with Crippen LogP contribution in [0.5, 0.6) is 0 Å². The van der Waals surface area contributed by atoms with Crippen LogP contribution in [-0.2, 0) is 9.53 Å². The van der Waals surface area contributed by atoms with E-state index in [1.54, 1.807) is 18.8 Å². The summed E-state index contributed by atoms with van der Waals surface area (Å²) in [5, 5.41) is 3.27. The van der Waals surface area contributed by atoms with Crippen LogP contribution in [0.25, 0.3) is 0 Å². The van der Waals surface area contributed by atoms with E-state index >= 15 is 0 Å². The van der Waals surface area contributed by atoms with Crippen LogP contribution in [0.2, 0.25) is 0 Å². The van der Waals surface area contributed by atoms with E-state index in [2.05, 4.69) is 21.6 Å². The van der Waals surface area contributed by atoms with Gasteiger partial charge >= 0.3 is 5.97 Å². The topological polar surface area (TPSA) is 64.1 Å². The molecule has 1 N–H and O–H groups in total. The van der Waals surface area contributed by atoms with Crippen molar-refractivity contribution >= 4 is 29.3 Å². The van der Waals surface area contributed by atoms with Crippen molar-refractivity contribution in [1.29, 1.82) is 0 Å². The first-order valence-electron chi connectivity index (χ1n) is 5.65. The molecule has 1 rings (SSSR count). The number of ether oxygens (including phenoxy) is 1. The fraction of sp³-hybridized carbons (Fsp3) is 0.727. The second-order valence-corrected chi connectivity index (χ2v) is 6.75. The summed E-state index contributed by atoms with van der Waals surface area (Å²) < 4.78 is 9.90. The van der Waals surface area contributed by atoms with Crippen LogP contribution in [0.15, 0.2) is 4.34 Å². The van der Waals surface area contributed by atoms with Crippen LogP contribution < -0.4 is 5.32 Å². The summed E-state index contributed by atoms with van der Waals surface area (Å²) in [7, 11) is 3.17. The van der Waals surface area contributed by atoms with Gasteiger partial charge in [0.1, 0.15) is 11.4 Å². The van der Waals surface area contributed by atoms with Gasteiger partial charge < -0.3 is 10.1 Å². The smallest absolute Gasteiger partial charge is 0.325 e. The number of rotatable bonds is 6. The van der Waals surface area contributed by atoms with E-state index in [0.717, 1.165) is 10.2 Å². The van der Waals surface area contributed by atoms with Crippen molar-refractivity contribution in [3.8, 4) is 0 Å². The first kappa shape index (κ1) is 15.4. The van der Waals surface area contributed by atoms with Gasteiger partial charge in [0.25, 0.3) is 0 Å². The molecule has 1 aromatic rings. The van der Waals surface area contributed by atoms with Crippen molar-refractivity contribution < 1.29 is 9.53 Å². The van der Waals surface area contributed by atoms with Crippen molar-refractivity contribution in [1.82, 2.24) is 14.7 Å². The molecule has 2 atom stereocenters. The highest BCUT2D eigenvalue weighted by atomic mass is 32.2. The average molecular weight is 289 g/mol. The molecular weight excluding hydrogens is 270 g/mol. The maximum Gasteiger partial charge on any atom is 0.325 e. The number of carbonyl (C=O) groups is 1. The molecule has 1 aromatic heterocycles. The molecule has 0 bridgehead atoms. The number of aryl methyl sites for hydroxylation is 1. The van der Waals surface area contributed by atoms with E-state index in [0.29, 0.717) is 6.42 Å². The molecule has 5 nitrogen and oxygen atoms in total. The summed E-state index contributed by atoms with van der Waals surface area (Å²) >= 11 is 3.02. The number of methoxy groups -OCH3 is 1. The van der Waals surface area contributed by atoms with Gasteiger partial charge in [-0.3, -0.25) is 4.79 Å². The second kappa shape index (κ2) is 6.49. The Kier molecular flexibility index (Phi) is 5.55. The largest absolute Gasteiger partial charge is 0.468 e. The third kappa shape index (κ3) is 3.93. The van der Waals surface area contributed by atoms with Crippen molar-refractivity contribution in [2.24, 2.45) is 0 Å². The molecule has 1 heterocycles. The van der Waals surface area contributed by atoms with Crippen LogP contribution in [-0.4, -0.2) is 40.3 Å². The highest BCUT2D eigenvalue weighted by Gasteiger charge is 2.34. The van der Waals surface area contributed by atoms with Crippen LogP contribution >= 0.6 is 23.3 Å². The molecule has 0 aliphatic carbocycles. The van der Waals surface area contributed by atoms with Gasteiger partial charge in [0.05, 0.1) is 7.11 Å². The lowest BCUT2D eigenvalue weighted by atomic mass is 9.96. The van der Waals surface area contributed by atoms with Crippen molar-refractivity contribution in [2.45, 2.75) is 42.3 Å². The number of nitrogens with zero attached hydrogens (tertiary/aromatic N) is 2. The Morgan fingerprint density at radius 1 is 1.67 bits per heavy atom. The lowest BCUT2D eigenvalue weighted by Gasteiger charge is -2.28. The summed E-state index contributed by atoms with van der Waals surface area (Å²) in [6.45, 7) is 5.79. The monoisotopic (exact) mass is 289 g/mol. The molecule has 0 radical (unpaired) electrons. The van der Waals surface area contributed by atoms with Crippen molar-refractivity contribution in [2.75, 3.05) is 14.2 Å². The highest BCUT2D eigenvalue weighted by molar-refractivity contribution is 8.01. The van der Waals surface area contributed by atoms with Gasteiger partial charge in [0.15, 0.2) is 4.34 Å². The maximum absolute atomic E-state index is 11.7. The van der Waals surface area contributed by atoms with E-state index in [-0.39, 0.29) is 11.2 Å². The van der Waals surface area contributed by atoms with Gasteiger partial charge in [0, 0.05) is 5.25 Å². The third-order valence-corrected chi connectivity index (χ3v) is 4.67. The average Bonchev–Trinajstić information content (AvgIpc) is 2.73. The van der Waals surface area contributed by atoms with E-state index in [1.807, 2.05) is 13.8 Å². The quantitative estimate of drug-likeness (QED) is 0.637. The predicted octanol–water partition coefficient (Wildman–Crippen LogP) is 1.87. The molecule has 0 aromatic carbocycles. The number of carbonyl (C=O) groups excluding carboxylic acids is 1. The zero-order valence-electron chi connectivity index (χ0n) is 11.3. The van der Waals surface area contributed by atoms with Crippen LogP contribution in [0, 0.1) is 6.92 Å². The zero-order chi connectivity index (χ0) is 13.8. The number of thioether (sulfide) groups is 1. The fourth-order valence-electron chi connectivity index (χ4n) is 1.63. The van der Waals surface area contributed by atoms with Gasteiger partial charge in [-0.1, -0.05) is 18.7 Å². The SMILES string of the molecule is CNC(C)(CC(C)Sc1nc(C)ns1)C(=O)OC. The summed E-state index contributed by atoms with van der Waals surface area (Å²) in [4.78, 5) is 16.0. The lowest BCUT2D eigenvalue weighted by molar-refractivity contribution is -0.147. The van der Waals surface area contributed by atoms with Crippen LogP contribution in [0.3, 0.4) is 0 Å². The van der Waals surface area contributed by atoms with Crippen molar-refractivity contribution in [3.63, 3.8) is 0 Å². The number of hydrogen-bond acceptors (Lipinski definition) is 7. The molecule has 102 valence electrons. The third-order valence-electron chi connectivity index (χ3n) is 2.69. The molecule has 0 saturated carbocycles. The molecule has 0 fully saturated rings. The van der Waals surface area contributed by atoms with Gasteiger partial charge in [-0.05, 0) is 38.8 Å². The van der Waals surface area contributed by atoms with Gasteiger partial charge in [-0.25, -0.2) is 4.98 Å². The molecule has 0 spiro atoms. The molecule has 7 heteroatoms. The molecule has 18 heavy (non-hydrogen) atoms. The summed E-state index contributed by atoms with van der Waals surface area (Å²) in [5.74, 6) is 0.546. The standard InChI is InChI=1S/C11H19N3O2S2/c1-7(17-10-13-8(2)14-18-10)6-11(3,12-4)9(15)16-5/h7,12H,6H2,1-5H3. The number of aromatic nitrogens is 2. The highest BCUT2D eigenvalue weighted by Crippen LogP contribution is 2.30. The Morgan fingerprint density at radius 3 is 2.78 bits per heavy atom. The molecule has 0 amide bonds. The number of hydrogen-bond donors (Lipinski definition) is 1. The summed E-state index contributed by atoms with van der Waals surface area (Å²) in [5.41, 5.74) is -0.666. The van der Waals surface area contributed by atoms with E-state index in [4.69, 9.17) is 4.74 Å². The molecule has 2 unspecified atom stereocenters. The fourth-order valence-corrected chi connectivity index (χ4v) is 3.77. The van der Waals surface area contributed by atoms with Gasteiger partial charge in [-0.15, -0.1) is 0 Å². The summed E-state index contributed by atoms with van der Waals surface area (Å²) in [6, 6.07) is 0. The zero-order valence-corrected chi connectivity index (χ0v) is 12.9. The molecular formula is C11H19N3O2S2. The van der Waals surface area contributed by atoms with E-state index < -0.39 is 5.54 Å². The Labute approximate surface area is 116 Å². The lowest BCUT2D eigenvalue weighted by Crippen LogP contribution is -2.49. The van der Waals surface area contributed by atoms with Crippen LogP contribution in [0.4, 0.5) is 0 Å². The Balaban J connectivity index is 2.62. The van der Waals surface area contributed by atoms with Gasteiger partial charge in [0.2, 0.25) is 0 Å². The first-order valence-corrected chi connectivity index (χ1v) is 7.31. The Morgan fingerprint density at radius 2 is 2.33 bits per heavy atom. The van der Waals surface area contributed by atoms with Crippen molar-refractivity contribution in [3.05, 3.63) is 5.82 Å². The minimum atomic E-state index is -0.666. The molecule has 0 aliphatic heterocycles. The van der Waals surface area contributed by atoms with E-state index in [1.165, 1.54) is 18.6 Å². The minimum Gasteiger partial charge on any atom is -0.468 e.